The van der Waals surface area contributed by atoms with E-state index in [0.717, 1.165) is 22.4 Å². The summed E-state index contributed by atoms with van der Waals surface area (Å²) >= 11 is 7.57. The number of hydrogen-bond acceptors (Lipinski definition) is 5. The van der Waals surface area contributed by atoms with Crippen LogP contribution in [-0.4, -0.2) is 17.3 Å². The molecule has 6 heteroatoms. The Bertz CT molecular complexity index is 1030. The molecule has 0 amide bonds. The molecule has 4 nitrogen and oxygen atoms in total. The van der Waals surface area contributed by atoms with Crippen molar-refractivity contribution in [2.24, 2.45) is 0 Å². The highest BCUT2D eigenvalue weighted by molar-refractivity contribution is 7.99. The molecule has 140 valence electrons. The van der Waals surface area contributed by atoms with Gasteiger partial charge in [-0.1, -0.05) is 65.8 Å². The summed E-state index contributed by atoms with van der Waals surface area (Å²) in [5.41, 5.74) is 3.12. The number of aromatic nitrogens is 2. The summed E-state index contributed by atoms with van der Waals surface area (Å²) in [6, 6.07) is 25.6. The first kappa shape index (κ1) is 18.6. The molecule has 4 aromatic rings. The number of rotatable bonds is 6. The molecule has 0 bridgehead atoms. The normalized spacial score (nSPS) is 11.9. The summed E-state index contributed by atoms with van der Waals surface area (Å²) in [6.45, 7) is 0. The molecule has 0 unspecified atom stereocenters. The van der Waals surface area contributed by atoms with E-state index in [1.807, 2.05) is 66.7 Å². The maximum Gasteiger partial charge on any atom is 0.277 e. The number of nitrogens with zero attached hydrogens (tertiary/aromatic N) is 2. The molecule has 0 saturated carbocycles. The quantitative estimate of drug-likeness (QED) is 0.351. The Kier molecular flexibility index (Phi) is 5.65. The fourth-order valence-corrected chi connectivity index (χ4v) is 3.93. The van der Waals surface area contributed by atoms with E-state index < -0.39 is 0 Å². The molecule has 1 aromatic heterocycles. The number of thioether (sulfide) groups is 1. The lowest BCUT2D eigenvalue weighted by Gasteiger charge is -2.15. The Labute approximate surface area is 172 Å². The van der Waals surface area contributed by atoms with Gasteiger partial charge in [-0.2, -0.15) is 0 Å². The lowest BCUT2D eigenvalue weighted by Crippen LogP contribution is -1.96. The van der Waals surface area contributed by atoms with Crippen LogP contribution in [0.2, 0.25) is 5.02 Å². The van der Waals surface area contributed by atoms with Gasteiger partial charge in [-0.3, -0.25) is 0 Å². The van der Waals surface area contributed by atoms with Gasteiger partial charge in [-0.15, -0.1) is 10.2 Å². The van der Waals surface area contributed by atoms with Crippen LogP contribution in [0.25, 0.3) is 11.5 Å². The van der Waals surface area contributed by atoms with E-state index in [2.05, 4.69) is 22.3 Å². The molecule has 0 radical (unpaired) electrons. The van der Waals surface area contributed by atoms with Gasteiger partial charge in [0.15, 0.2) is 0 Å². The number of methoxy groups -OCH3 is 1. The molecule has 0 N–H and O–H groups in total. The van der Waals surface area contributed by atoms with Crippen LogP contribution >= 0.6 is 23.4 Å². The van der Waals surface area contributed by atoms with E-state index >= 15 is 0 Å². The van der Waals surface area contributed by atoms with Gasteiger partial charge in [-0.05, 0) is 47.5 Å². The van der Waals surface area contributed by atoms with Crippen molar-refractivity contribution in [3.63, 3.8) is 0 Å². The Morgan fingerprint density at radius 3 is 2.21 bits per heavy atom. The number of halogens is 1. The van der Waals surface area contributed by atoms with E-state index in [-0.39, 0.29) is 5.25 Å². The van der Waals surface area contributed by atoms with Crippen molar-refractivity contribution in [2.45, 2.75) is 10.5 Å². The molecule has 3 aromatic carbocycles. The summed E-state index contributed by atoms with van der Waals surface area (Å²) < 4.78 is 11.1. The predicted molar refractivity (Wildman–Crippen MR) is 112 cm³/mol. The van der Waals surface area contributed by atoms with Crippen LogP contribution in [0, 0.1) is 0 Å². The largest absolute Gasteiger partial charge is 0.497 e. The second-order valence-electron chi connectivity index (χ2n) is 6.06. The van der Waals surface area contributed by atoms with Crippen molar-refractivity contribution in [3.05, 3.63) is 95.0 Å². The van der Waals surface area contributed by atoms with Crippen LogP contribution in [0.5, 0.6) is 5.75 Å². The molecule has 0 fully saturated rings. The smallest absolute Gasteiger partial charge is 0.277 e. The minimum atomic E-state index is 0.0163. The van der Waals surface area contributed by atoms with Crippen LogP contribution < -0.4 is 4.74 Å². The Morgan fingerprint density at radius 2 is 1.54 bits per heavy atom. The van der Waals surface area contributed by atoms with Crippen molar-refractivity contribution >= 4 is 23.4 Å². The minimum Gasteiger partial charge on any atom is -0.497 e. The summed E-state index contributed by atoms with van der Waals surface area (Å²) in [5.74, 6) is 1.26. The van der Waals surface area contributed by atoms with Gasteiger partial charge < -0.3 is 9.15 Å². The average molecular weight is 409 g/mol. The summed E-state index contributed by atoms with van der Waals surface area (Å²) in [4.78, 5) is 0. The third-order valence-corrected chi connectivity index (χ3v) is 5.64. The molecule has 1 heterocycles. The zero-order valence-corrected chi connectivity index (χ0v) is 16.7. The topological polar surface area (TPSA) is 48.2 Å². The maximum absolute atomic E-state index is 6.06. The lowest BCUT2D eigenvalue weighted by atomic mass is 10.0. The zero-order chi connectivity index (χ0) is 19.3. The van der Waals surface area contributed by atoms with Crippen molar-refractivity contribution in [2.75, 3.05) is 7.11 Å². The standard InChI is InChI=1S/C22H17ClN2O2S/c1-26-19-13-9-17(10-14-19)21-24-25-22(27-21)28-20(15-5-3-2-4-6-15)16-7-11-18(23)12-8-16/h2-14,20H,1H3/t20-/m1/s1. The molecular weight excluding hydrogens is 392 g/mol. The van der Waals surface area contributed by atoms with E-state index in [1.165, 1.54) is 11.8 Å². The predicted octanol–water partition coefficient (Wildman–Crippen LogP) is 6.28. The zero-order valence-electron chi connectivity index (χ0n) is 15.1. The molecule has 0 aliphatic carbocycles. The fraction of sp³-hybridized carbons (Fsp3) is 0.0909. The number of benzene rings is 3. The first-order chi connectivity index (χ1) is 13.7. The summed E-state index contributed by atoms with van der Waals surface area (Å²) in [7, 11) is 1.64. The Morgan fingerprint density at radius 1 is 0.857 bits per heavy atom. The average Bonchev–Trinajstić information content (AvgIpc) is 3.22. The van der Waals surface area contributed by atoms with Gasteiger partial charge in [0.2, 0.25) is 5.89 Å². The summed E-state index contributed by atoms with van der Waals surface area (Å²) in [5, 5.41) is 9.66. The van der Waals surface area contributed by atoms with Crippen molar-refractivity contribution in [1.29, 1.82) is 0 Å². The molecule has 4 rings (SSSR count). The van der Waals surface area contributed by atoms with E-state index in [9.17, 15) is 0 Å². The van der Waals surface area contributed by atoms with Crippen molar-refractivity contribution in [3.8, 4) is 17.2 Å². The van der Waals surface area contributed by atoms with Crippen LogP contribution in [0.4, 0.5) is 0 Å². The highest BCUT2D eigenvalue weighted by Crippen LogP contribution is 2.40. The van der Waals surface area contributed by atoms with Gasteiger partial charge in [-0.25, -0.2) is 0 Å². The second-order valence-corrected chi connectivity index (χ2v) is 7.55. The van der Waals surface area contributed by atoms with Gasteiger partial charge in [0.1, 0.15) is 5.75 Å². The van der Waals surface area contributed by atoms with Crippen molar-refractivity contribution in [1.82, 2.24) is 10.2 Å². The van der Waals surface area contributed by atoms with Crippen molar-refractivity contribution < 1.29 is 9.15 Å². The SMILES string of the molecule is COc1ccc(-c2nnc(S[C@H](c3ccccc3)c3ccc(Cl)cc3)o2)cc1. The molecule has 0 spiro atoms. The fourth-order valence-electron chi connectivity index (χ4n) is 2.80. The van der Waals surface area contributed by atoms with Gasteiger partial charge >= 0.3 is 0 Å². The maximum atomic E-state index is 6.06. The highest BCUT2D eigenvalue weighted by atomic mass is 35.5. The highest BCUT2D eigenvalue weighted by Gasteiger charge is 2.20. The third-order valence-electron chi connectivity index (χ3n) is 4.24. The van der Waals surface area contributed by atoms with Crippen LogP contribution in [0.1, 0.15) is 16.4 Å². The van der Waals surface area contributed by atoms with Crippen LogP contribution in [-0.2, 0) is 0 Å². The molecule has 0 saturated heterocycles. The van der Waals surface area contributed by atoms with Crippen LogP contribution in [0.3, 0.4) is 0 Å². The first-order valence-electron chi connectivity index (χ1n) is 8.68. The third kappa shape index (κ3) is 4.21. The number of hydrogen-bond donors (Lipinski definition) is 0. The van der Waals surface area contributed by atoms with Gasteiger partial charge in [0.25, 0.3) is 5.22 Å². The molecule has 0 aliphatic rings. The number of ether oxygens (including phenoxy) is 1. The lowest BCUT2D eigenvalue weighted by molar-refractivity contribution is 0.414. The van der Waals surface area contributed by atoms with E-state index in [0.29, 0.717) is 16.1 Å². The molecule has 0 aliphatic heterocycles. The molecular formula is C22H17ClN2O2S. The van der Waals surface area contributed by atoms with Gasteiger partial charge in [0.05, 0.1) is 12.4 Å². The van der Waals surface area contributed by atoms with E-state index in [4.69, 9.17) is 20.8 Å². The monoisotopic (exact) mass is 408 g/mol. The Balaban J connectivity index is 1.62. The molecule has 1 atom stereocenters. The van der Waals surface area contributed by atoms with Gasteiger partial charge in [0, 0.05) is 10.6 Å². The Hall–Kier alpha value is -2.76. The minimum absolute atomic E-state index is 0.0163. The van der Waals surface area contributed by atoms with Crippen LogP contribution in [0.15, 0.2) is 88.5 Å². The first-order valence-corrected chi connectivity index (χ1v) is 9.94. The van der Waals surface area contributed by atoms with E-state index in [1.54, 1.807) is 7.11 Å². The molecule has 28 heavy (non-hydrogen) atoms. The summed E-state index contributed by atoms with van der Waals surface area (Å²) in [6.07, 6.45) is 0. The second kappa shape index (κ2) is 8.50.